The second-order valence-electron chi connectivity index (χ2n) is 4.48. The van der Waals surface area contributed by atoms with Crippen LogP contribution in [0.5, 0.6) is 5.75 Å². The Morgan fingerprint density at radius 1 is 1.20 bits per heavy atom. The van der Waals surface area contributed by atoms with Crippen molar-refractivity contribution < 1.29 is 9.13 Å². The molecule has 0 aliphatic carbocycles. The highest BCUT2D eigenvalue weighted by atomic mass is 79.9. The number of anilines is 1. The van der Waals surface area contributed by atoms with Crippen LogP contribution in [0.4, 0.5) is 10.1 Å². The molecular formula is C16H17BrFNO. The Morgan fingerprint density at radius 3 is 2.80 bits per heavy atom. The van der Waals surface area contributed by atoms with Gasteiger partial charge >= 0.3 is 0 Å². The van der Waals surface area contributed by atoms with Crippen molar-refractivity contribution in [2.75, 3.05) is 11.9 Å². The SMILES string of the molecule is CCCOc1cccc(NCc2ccc(Br)c(F)c2)c1. The Morgan fingerprint density at radius 2 is 2.05 bits per heavy atom. The average molecular weight is 338 g/mol. The molecule has 0 spiro atoms. The highest BCUT2D eigenvalue weighted by Crippen LogP contribution is 2.20. The molecule has 2 rings (SSSR count). The second-order valence-corrected chi connectivity index (χ2v) is 5.33. The lowest BCUT2D eigenvalue weighted by molar-refractivity contribution is 0.317. The third-order valence-electron chi connectivity index (χ3n) is 2.79. The first-order valence-electron chi connectivity index (χ1n) is 6.59. The Hall–Kier alpha value is -1.55. The van der Waals surface area contributed by atoms with E-state index in [4.69, 9.17) is 4.74 Å². The molecule has 0 unspecified atom stereocenters. The summed E-state index contributed by atoms with van der Waals surface area (Å²) in [5.74, 6) is 0.600. The number of hydrogen-bond donors (Lipinski definition) is 1. The van der Waals surface area contributed by atoms with Gasteiger partial charge in [-0.05, 0) is 52.2 Å². The van der Waals surface area contributed by atoms with E-state index in [2.05, 4.69) is 28.2 Å². The van der Waals surface area contributed by atoms with Crippen LogP contribution in [0.15, 0.2) is 46.9 Å². The molecule has 0 atom stereocenters. The van der Waals surface area contributed by atoms with E-state index in [0.29, 0.717) is 17.6 Å². The van der Waals surface area contributed by atoms with Gasteiger partial charge in [0.05, 0.1) is 11.1 Å². The Balaban J connectivity index is 1.97. The standard InChI is InChI=1S/C16H17BrFNO/c1-2-8-20-14-5-3-4-13(10-14)19-11-12-6-7-15(17)16(18)9-12/h3-7,9-10,19H,2,8,11H2,1H3. The lowest BCUT2D eigenvalue weighted by Crippen LogP contribution is -2.01. The van der Waals surface area contributed by atoms with Crippen molar-refractivity contribution in [2.45, 2.75) is 19.9 Å². The number of hydrogen-bond acceptors (Lipinski definition) is 2. The van der Waals surface area contributed by atoms with Gasteiger partial charge in [0.15, 0.2) is 0 Å². The predicted molar refractivity (Wildman–Crippen MR) is 83.7 cm³/mol. The average Bonchev–Trinajstić information content (AvgIpc) is 2.47. The van der Waals surface area contributed by atoms with Crippen LogP contribution in [0, 0.1) is 5.82 Å². The van der Waals surface area contributed by atoms with Gasteiger partial charge in [0, 0.05) is 18.3 Å². The summed E-state index contributed by atoms with van der Waals surface area (Å²) in [6, 6.07) is 12.9. The highest BCUT2D eigenvalue weighted by Gasteiger charge is 2.01. The summed E-state index contributed by atoms with van der Waals surface area (Å²) in [5.41, 5.74) is 1.85. The number of ether oxygens (including phenoxy) is 1. The largest absolute Gasteiger partial charge is 0.494 e. The molecule has 0 aliphatic rings. The van der Waals surface area contributed by atoms with Crippen LogP contribution < -0.4 is 10.1 Å². The molecule has 2 nitrogen and oxygen atoms in total. The van der Waals surface area contributed by atoms with Crippen molar-refractivity contribution in [1.82, 2.24) is 0 Å². The molecule has 4 heteroatoms. The van der Waals surface area contributed by atoms with Gasteiger partial charge in [-0.2, -0.15) is 0 Å². The van der Waals surface area contributed by atoms with Crippen LogP contribution in [-0.4, -0.2) is 6.61 Å². The van der Waals surface area contributed by atoms with E-state index in [9.17, 15) is 4.39 Å². The fourth-order valence-corrected chi connectivity index (χ4v) is 2.02. The van der Waals surface area contributed by atoms with E-state index in [1.54, 1.807) is 6.07 Å². The summed E-state index contributed by atoms with van der Waals surface area (Å²) in [6.45, 7) is 3.35. The zero-order valence-corrected chi connectivity index (χ0v) is 12.9. The van der Waals surface area contributed by atoms with Crippen molar-refractivity contribution >= 4 is 21.6 Å². The van der Waals surface area contributed by atoms with E-state index in [0.717, 1.165) is 23.4 Å². The molecule has 0 amide bonds. The number of rotatable bonds is 6. The van der Waals surface area contributed by atoms with Gasteiger partial charge in [-0.25, -0.2) is 4.39 Å². The summed E-state index contributed by atoms with van der Waals surface area (Å²) in [5, 5.41) is 3.26. The molecule has 0 bridgehead atoms. The zero-order valence-electron chi connectivity index (χ0n) is 11.3. The number of halogens is 2. The first kappa shape index (κ1) is 14.9. The topological polar surface area (TPSA) is 21.3 Å². The Bertz CT molecular complexity index is 574. The molecule has 0 saturated carbocycles. The predicted octanol–water partition coefficient (Wildman–Crippen LogP) is 4.99. The lowest BCUT2D eigenvalue weighted by Gasteiger charge is -2.10. The van der Waals surface area contributed by atoms with Crippen molar-refractivity contribution in [3.05, 3.63) is 58.3 Å². The van der Waals surface area contributed by atoms with Gasteiger partial charge in [-0.15, -0.1) is 0 Å². The van der Waals surface area contributed by atoms with Crippen molar-refractivity contribution in [1.29, 1.82) is 0 Å². The molecular weight excluding hydrogens is 321 g/mol. The maximum Gasteiger partial charge on any atom is 0.137 e. The molecule has 0 aliphatic heterocycles. The van der Waals surface area contributed by atoms with E-state index in [1.165, 1.54) is 6.07 Å². The van der Waals surface area contributed by atoms with Crippen LogP contribution in [0.25, 0.3) is 0 Å². The Kier molecular flexibility index (Phi) is 5.41. The molecule has 0 fully saturated rings. The van der Waals surface area contributed by atoms with Crippen LogP contribution in [-0.2, 0) is 6.54 Å². The van der Waals surface area contributed by atoms with Crippen molar-refractivity contribution in [2.24, 2.45) is 0 Å². The first-order valence-corrected chi connectivity index (χ1v) is 7.39. The molecule has 0 radical (unpaired) electrons. The maximum atomic E-state index is 13.4. The quantitative estimate of drug-likeness (QED) is 0.801. The molecule has 106 valence electrons. The monoisotopic (exact) mass is 337 g/mol. The fraction of sp³-hybridized carbons (Fsp3) is 0.250. The van der Waals surface area contributed by atoms with Gasteiger partial charge in [0.1, 0.15) is 11.6 Å². The molecule has 0 heterocycles. The molecule has 0 saturated heterocycles. The summed E-state index contributed by atoms with van der Waals surface area (Å²) in [4.78, 5) is 0. The van der Waals surface area contributed by atoms with Crippen LogP contribution >= 0.6 is 15.9 Å². The van der Waals surface area contributed by atoms with E-state index in [-0.39, 0.29) is 5.82 Å². The van der Waals surface area contributed by atoms with E-state index < -0.39 is 0 Å². The lowest BCUT2D eigenvalue weighted by atomic mass is 10.2. The minimum atomic E-state index is -0.246. The normalized spacial score (nSPS) is 10.3. The highest BCUT2D eigenvalue weighted by molar-refractivity contribution is 9.10. The number of benzene rings is 2. The second kappa shape index (κ2) is 7.29. The minimum Gasteiger partial charge on any atom is -0.494 e. The summed E-state index contributed by atoms with van der Waals surface area (Å²) >= 11 is 3.15. The van der Waals surface area contributed by atoms with Gasteiger partial charge in [0.25, 0.3) is 0 Å². The van der Waals surface area contributed by atoms with Crippen LogP contribution in [0.2, 0.25) is 0 Å². The summed E-state index contributed by atoms with van der Waals surface area (Å²) in [6.07, 6.45) is 0.982. The smallest absolute Gasteiger partial charge is 0.137 e. The third kappa shape index (κ3) is 4.23. The Labute approximate surface area is 127 Å². The van der Waals surface area contributed by atoms with Gasteiger partial charge in [0.2, 0.25) is 0 Å². The van der Waals surface area contributed by atoms with Crippen molar-refractivity contribution in [3.63, 3.8) is 0 Å². The van der Waals surface area contributed by atoms with Gasteiger partial charge < -0.3 is 10.1 Å². The minimum absolute atomic E-state index is 0.246. The molecule has 1 N–H and O–H groups in total. The van der Waals surface area contributed by atoms with Gasteiger partial charge in [-0.3, -0.25) is 0 Å². The third-order valence-corrected chi connectivity index (χ3v) is 3.43. The molecule has 2 aromatic carbocycles. The zero-order chi connectivity index (χ0) is 14.4. The maximum absolute atomic E-state index is 13.4. The fourth-order valence-electron chi connectivity index (χ4n) is 1.77. The van der Waals surface area contributed by atoms with Crippen LogP contribution in [0.3, 0.4) is 0 Å². The van der Waals surface area contributed by atoms with Crippen LogP contribution in [0.1, 0.15) is 18.9 Å². The van der Waals surface area contributed by atoms with E-state index >= 15 is 0 Å². The van der Waals surface area contributed by atoms with E-state index in [1.807, 2.05) is 30.3 Å². The van der Waals surface area contributed by atoms with Gasteiger partial charge in [-0.1, -0.05) is 19.1 Å². The molecule has 20 heavy (non-hydrogen) atoms. The summed E-state index contributed by atoms with van der Waals surface area (Å²) in [7, 11) is 0. The van der Waals surface area contributed by atoms with Crippen molar-refractivity contribution in [3.8, 4) is 5.75 Å². The summed E-state index contributed by atoms with van der Waals surface area (Å²) < 4.78 is 19.5. The molecule has 0 aromatic heterocycles. The first-order chi connectivity index (χ1) is 9.69. The molecule has 2 aromatic rings. The number of nitrogens with one attached hydrogen (secondary N) is 1.